The molecule has 4 nitrogen and oxygen atoms in total. The number of nitrogens with zero attached hydrogens (tertiary/aromatic N) is 1. The minimum absolute atomic E-state index is 0.0655. The summed E-state index contributed by atoms with van der Waals surface area (Å²) in [6.07, 6.45) is 1.53. The third kappa shape index (κ3) is 2.78. The molecule has 0 bridgehead atoms. The number of pyridine rings is 1. The minimum Gasteiger partial charge on any atom is -0.455 e. The Bertz CT molecular complexity index is 581. The number of amidine groups is 1. The number of halogens is 1. The zero-order valence-corrected chi connectivity index (χ0v) is 10.5. The normalized spacial score (nSPS) is 10.1. The van der Waals surface area contributed by atoms with Crippen LogP contribution >= 0.6 is 11.6 Å². The molecule has 0 saturated carbocycles. The Morgan fingerprint density at radius 1 is 1.33 bits per heavy atom. The molecule has 2 aromatic rings. The first-order chi connectivity index (χ1) is 8.56. The zero-order chi connectivity index (χ0) is 13.1. The van der Waals surface area contributed by atoms with Crippen molar-refractivity contribution >= 4 is 17.4 Å². The SMILES string of the molecule is Cc1cc(Cl)ccc1Oc1ccc(C(=N)N)nc1. The van der Waals surface area contributed by atoms with Gasteiger partial charge < -0.3 is 10.5 Å². The smallest absolute Gasteiger partial charge is 0.145 e. The van der Waals surface area contributed by atoms with Crippen molar-refractivity contribution in [1.82, 2.24) is 4.98 Å². The highest BCUT2D eigenvalue weighted by atomic mass is 35.5. The van der Waals surface area contributed by atoms with Gasteiger partial charge in [-0.25, -0.2) is 4.98 Å². The van der Waals surface area contributed by atoms with Crippen molar-refractivity contribution in [3.63, 3.8) is 0 Å². The van der Waals surface area contributed by atoms with Crippen LogP contribution in [0.4, 0.5) is 0 Å². The summed E-state index contributed by atoms with van der Waals surface area (Å²) in [4.78, 5) is 4.02. The van der Waals surface area contributed by atoms with Gasteiger partial charge in [-0.05, 0) is 42.8 Å². The van der Waals surface area contributed by atoms with Gasteiger partial charge in [0.2, 0.25) is 0 Å². The van der Waals surface area contributed by atoms with E-state index in [4.69, 9.17) is 27.5 Å². The van der Waals surface area contributed by atoms with Crippen molar-refractivity contribution in [3.8, 4) is 11.5 Å². The van der Waals surface area contributed by atoms with Crippen molar-refractivity contribution in [2.45, 2.75) is 6.92 Å². The van der Waals surface area contributed by atoms with Crippen LogP contribution in [0.2, 0.25) is 5.02 Å². The first kappa shape index (κ1) is 12.4. The molecule has 0 aliphatic rings. The number of hydrogen-bond donors (Lipinski definition) is 2. The van der Waals surface area contributed by atoms with Gasteiger partial charge in [-0.15, -0.1) is 0 Å². The Hall–Kier alpha value is -2.07. The van der Waals surface area contributed by atoms with E-state index in [1.807, 2.05) is 13.0 Å². The number of aryl methyl sites for hydroxylation is 1. The maximum absolute atomic E-state index is 7.24. The number of aromatic nitrogens is 1. The lowest BCUT2D eigenvalue weighted by Gasteiger charge is -2.08. The summed E-state index contributed by atoms with van der Waals surface area (Å²) in [6, 6.07) is 8.76. The van der Waals surface area contributed by atoms with E-state index in [2.05, 4.69) is 4.98 Å². The first-order valence-corrected chi connectivity index (χ1v) is 5.68. The molecule has 5 heteroatoms. The van der Waals surface area contributed by atoms with E-state index in [1.165, 1.54) is 6.20 Å². The molecule has 0 atom stereocenters. The number of hydrogen-bond acceptors (Lipinski definition) is 3. The molecular formula is C13H12ClN3O. The standard InChI is InChI=1S/C13H12ClN3O/c1-8-6-9(14)2-5-12(8)18-10-3-4-11(13(15)16)17-7-10/h2-7H,1H3,(H3,15,16). The van der Waals surface area contributed by atoms with Crippen LogP contribution in [0.3, 0.4) is 0 Å². The Morgan fingerprint density at radius 3 is 2.67 bits per heavy atom. The highest BCUT2D eigenvalue weighted by Gasteiger charge is 2.03. The molecule has 18 heavy (non-hydrogen) atoms. The van der Waals surface area contributed by atoms with Gasteiger partial charge in [0.15, 0.2) is 0 Å². The molecule has 0 radical (unpaired) electrons. The number of ether oxygens (including phenoxy) is 1. The third-order valence-electron chi connectivity index (χ3n) is 2.38. The van der Waals surface area contributed by atoms with Crippen LogP contribution in [0.25, 0.3) is 0 Å². The van der Waals surface area contributed by atoms with E-state index in [-0.39, 0.29) is 5.84 Å². The minimum atomic E-state index is -0.0655. The summed E-state index contributed by atoms with van der Waals surface area (Å²) in [5.74, 6) is 1.24. The summed E-state index contributed by atoms with van der Waals surface area (Å²) in [7, 11) is 0. The summed E-state index contributed by atoms with van der Waals surface area (Å²) < 4.78 is 5.67. The van der Waals surface area contributed by atoms with E-state index in [9.17, 15) is 0 Å². The average Bonchev–Trinajstić information content (AvgIpc) is 2.33. The molecule has 92 valence electrons. The van der Waals surface area contributed by atoms with Crippen LogP contribution in [0, 0.1) is 12.3 Å². The van der Waals surface area contributed by atoms with Crippen molar-refractivity contribution in [2.75, 3.05) is 0 Å². The molecular weight excluding hydrogens is 250 g/mol. The van der Waals surface area contributed by atoms with Crippen LogP contribution in [0.5, 0.6) is 11.5 Å². The Kier molecular flexibility index (Phi) is 3.48. The van der Waals surface area contributed by atoms with E-state index < -0.39 is 0 Å². The second kappa shape index (κ2) is 5.06. The number of nitrogens with two attached hydrogens (primary N) is 1. The zero-order valence-electron chi connectivity index (χ0n) is 9.77. The molecule has 0 saturated heterocycles. The van der Waals surface area contributed by atoms with Gasteiger partial charge in [0.25, 0.3) is 0 Å². The van der Waals surface area contributed by atoms with Gasteiger partial charge >= 0.3 is 0 Å². The Morgan fingerprint density at radius 2 is 2.11 bits per heavy atom. The molecule has 0 spiro atoms. The molecule has 1 aromatic carbocycles. The number of nitrogen functional groups attached to an aromatic ring is 1. The van der Waals surface area contributed by atoms with E-state index in [1.54, 1.807) is 24.3 Å². The van der Waals surface area contributed by atoms with Gasteiger partial charge in [-0.3, -0.25) is 5.41 Å². The molecule has 1 aromatic heterocycles. The van der Waals surface area contributed by atoms with Gasteiger partial charge in [-0.1, -0.05) is 11.6 Å². The molecule has 3 N–H and O–H groups in total. The van der Waals surface area contributed by atoms with Crippen LogP contribution in [-0.4, -0.2) is 10.8 Å². The molecule has 2 rings (SSSR count). The topological polar surface area (TPSA) is 72.0 Å². The van der Waals surface area contributed by atoms with Crippen LogP contribution in [-0.2, 0) is 0 Å². The predicted molar refractivity (Wildman–Crippen MR) is 71.5 cm³/mol. The van der Waals surface area contributed by atoms with E-state index in [0.717, 1.165) is 11.3 Å². The quantitative estimate of drug-likeness (QED) is 0.659. The Balaban J connectivity index is 2.21. The number of benzene rings is 1. The second-order valence-corrected chi connectivity index (χ2v) is 4.24. The fraction of sp³-hybridized carbons (Fsp3) is 0.0769. The maximum Gasteiger partial charge on any atom is 0.145 e. The highest BCUT2D eigenvalue weighted by molar-refractivity contribution is 6.30. The summed E-state index contributed by atoms with van der Waals surface area (Å²) in [5.41, 5.74) is 6.69. The van der Waals surface area contributed by atoms with Crippen LogP contribution in [0.1, 0.15) is 11.3 Å². The lowest BCUT2D eigenvalue weighted by molar-refractivity contribution is 0.476. The summed E-state index contributed by atoms with van der Waals surface area (Å²) in [6.45, 7) is 1.92. The van der Waals surface area contributed by atoms with Gasteiger partial charge in [-0.2, -0.15) is 0 Å². The number of rotatable bonds is 3. The third-order valence-corrected chi connectivity index (χ3v) is 2.61. The fourth-order valence-corrected chi connectivity index (χ4v) is 1.68. The molecule has 1 heterocycles. The lowest BCUT2D eigenvalue weighted by Crippen LogP contribution is -2.12. The van der Waals surface area contributed by atoms with Crippen molar-refractivity contribution in [2.24, 2.45) is 5.73 Å². The lowest BCUT2D eigenvalue weighted by atomic mass is 10.2. The Labute approximate surface area is 110 Å². The van der Waals surface area contributed by atoms with Gasteiger partial charge in [0.1, 0.15) is 23.0 Å². The van der Waals surface area contributed by atoms with Crippen LogP contribution < -0.4 is 10.5 Å². The monoisotopic (exact) mass is 261 g/mol. The average molecular weight is 262 g/mol. The maximum atomic E-state index is 7.24. The highest BCUT2D eigenvalue weighted by Crippen LogP contribution is 2.26. The molecule has 0 amide bonds. The predicted octanol–water partition coefficient (Wildman–Crippen LogP) is 3.12. The van der Waals surface area contributed by atoms with E-state index in [0.29, 0.717) is 16.5 Å². The van der Waals surface area contributed by atoms with Crippen molar-refractivity contribution in [1.29, 1.82) is 5.41 Å². The molecule has 0 unspecified atom stereocenters. The van der Waals surface area contributed by atoms with Crippen molar-refractivity contribution < 1.29 is 4.74 Å². The molecule has 0 fully saturated rings. The van der Waals surface area contributed by atoms with Crippen LogP contribution in [0.15, 0.2) is 36.5 Å². The molecule has 0 aliphatic carbocycles. The fourth-order valence-electron chi connectivity index (χ4n) is 1.45. The number of nitrogens with one attached hydrogen (secondary N) is 1. The van der Waals surface area contributed by atoms with Gasteiger partial charge in [0.05, 0.1) is 6.20 Å². The summed E-state index contributed by atoms with van der Waals surface area (Å²) >= 11 is 5.87. The summed E-state index contributed by atoms with van der Waals surface area (Å²) in [5, 5.41) is 7.92. The second-order valence-electron chi connectivity index (χ2n) is 3.80. The first-order valence-electron chi connectivity index (χ1n) is 5.31. The van der Waals surface area contributed by atoms with E-state index >= 15 is 0 Å². The van der Waals surface area contributed by atoms with Gasteiger partial charge in [0, 0.05) is 5.02 Å². The largest absolute Gasteiger partial charge is 0.455 e. The molecule has 0 aliphatic heterocycles. The van der Waals surface area contributed by atoms with Crippen molar-refractivity contribution in [3.05, 3.63) is 52.8 Å².